The Bertz CT molecular complexity index is 437. The fraction of sp³-hybridized carbons (Fsp3) is 0.143. The van der Waals surface area contributed by atoms with Gasteiger partial charge in [-0.25, -0.2) is 9.97 Å². The molecule has 0 bridgehead atoms. The Labute approximate surface area is 79.9 Å². The zero-order chi connectivity index (χ0) is 8.72. The minimum atomic E-state index is 0.477. The Morgan fingerprint density at radius 1 is 1.50 bits per heavy atom. The molecule has 0 amide bonds. The molecule has 0 saturated carbocycles. The van der Waals surface area contributed by atoms with Crippen molar-refractivity contribution in [3.8, 4) is 0 Å². The van der Waals surface area contributed by atoms with Crippen LogP contribution in [0.4, 0.5) is 0 Å². The quantitative estimate of drug-likeness (QED) is 0.520. The third-order valence-electron chi connectivity index (χ3n) is 1.59. The number of halogens is 1. The zero-order valence-electron chi connectivity index (χ0n) is 6.32. The first-order chi connectivity index (χ1) is 5.68. The number of fused-ring (bicyclic) bond motifs is 1. The van der Waals surface area contributed by atoms with E-state index in [-0.39, 0.29) is 0 Å². The first-order valence-corrected chi connectivity index (χ1v) is 4.17. The molecule has 12 heavy (non-hydrogen) atoms. The predicted octanol–water partition coefficient (Wildman–Crippen LogP) is 2.09. The molecule has 2 heterocycles. The Morgan fingerprint density at radius 2 is 2.25 bits per heavy atom. The molecule has 62 valence electrons. The summed E-state index contributed by atoms with van der Waals surface area (Å²) >= 11 is 10.0. The van der Waals surface area contributed by atoms with Gasteiger partial charge in [-0.2, -0.15) is 0 Å². The van der Waals surface area contributed by atoms with Crippen molar-refractivity contribution in [3.05, 3.63) is 23.2 Å². The van der Waals surface area contributed by atoms with Crippen LogP contribution in [0.1, 0.15) is 5.82 Å². The van der Waals surface area contributed by atoms with E-state index < -0.39 is 0 Å². The molecule has 2 aromatic heterocycles. The standard InChI is InChI=1S/C7H6ClN3S/c1-4-9-6(8)5-2-3-11(12)7(5)10-4/h2-3,12H,1H3. The number of nitrogens with zero attached hydrogens (tertiary/aromatic N) is 3. The SMILES string of the molecule is Cc1nc(Cl)c2ccn(S)c2n1. The summed E-state index contributed by atoms with van der Waals surface area (Å²) < 4.78 is 1.62. The second kappa shape index (κ2) is 2.64. The van der Waals surface area contributed by atoms with Gasteiger partial charge in [0, 0.05) is 6.20 Å². The van der Waals surface area contributed by atoms with Crippen molar-refractivity contribution < 1.29 is 0 Å². The van der Waals surface area contributed by atoms with E-state index in [4.69, 9.17) is 11.6 Å². The van der Waals surface area contributed by atoms with E-state index in [9.17, 15) is 0 Å². The molecule has 0 spiro atoms. The lowest BCUT2D eigenvalue weighted by Gasteiger charge is -1.96. The average molecular weight is 200 g/mol. The van der Waals surface area contributed by atoms with Gasteiger partial charge >= 0.3 is 0 Å². The summed E-state index contributed by atoms with van der Waals surface area (Å²) in [6.45, 7) is 1.80. The van der Waals surface area contributed by atoms with E-state index in [1.807, 2.05) is 6.07 Å². The number of hydrogen-bond acceptors (Lipinski definition) is 3. The maximum atomic E-state index is 5.88. The fourth-order valence-corrected chi connectivity index (χ4v) is 1.56. The molecule has 0 radical (unpaired) electrons. The smallest absolute Gasteiger partial charge is 0.155 e. The monoisotopic (exact) mass is 199 g/mol. The van der Waals surface area contributed by atoms with Crippen LogP contribution in [-0.2, 0) is 0 Å². The number of aryl methyl sites for hydroxylation is 1. The highest BCUT2D eigenvalue weighted by Gasteiger charge is 2.05. The Balaban J connectivity index is 2.92. The molecule has 0 atom stereocenters. The summed E-state index contributed by atoms with van der Waals surface area (Å²) in [5.41, 5.74) is 0.746. The molecule has 0 aliphatic rings. The van der Waals surface area contributed by atoms with E-state index in [2.05, 4.69) is 22.8 Å². The highest BCUT2D eigenvalue weighted by atomic mass is 35.5. The van der Waals surface area contributed by atoms with Crippen LogP contribution in [0.2, 0.25) is 5.15 Å². The zero-order valence-corrected chi connectivity index (χ0v) is 7.97. The van der Waals surface area contributed by atoms with Gasteiger partial charge in [-0.1, -0.05) is 24.4 Å². The van der Waals surface area contributed by atoms with Crippen molar-refractivity contribution in [2.45, 2.75) is 6.92 Å². The number of thiol groups is 1. The maximum Gasteiger partial charge on any atom is 0.155 e. The van der Waals surface area contributed by atoms with Gasteiger partial charge in [0.05, 0.1) is 5.39 Å². The molecular formula is C7H6ClN3S. The van der Waals surface area contributed by atoms with Gasteiger partial charge < -0.3 is 0 Å². The van der Waals surface area contributed by atoms with E-state index in [0.29, 0.717) is 11.0 Å². The Kier molecular flexibility index (Phi) is 1.73. The molecule has 0 saturated heterocycles. The van der Waals surface area contributed by atoms with Crippen molar-refractivity contribution in [3.63, 3.8) is 0 Å². The maximum absolute atomic E-state index is 5.88. The first-order valence-electron chi connectivity index (χ1n) is 3.39. The molecule has 0 fully saturated rings. The summed E-state index contributed by atoms with van der Waals surface area (Å²) in [5.74, 6) is 0.654. The van der Waals surface area contributed by atoms with Crippen LogP contribution < -0.4 is 0 Å². The van der Waals surface area contributed by atoms with Crippen molar-refractivity contribution in [2.75, 3.05) is 0 Å². The lowest BCUT2D eigenvalue weighted by molar-refractivity contribution is 1.07. The summed E-state index contributed by atoms with van der Waals surface area (Å²) in [5, 5.41) is 1.31. The van der Waals surface area contributed by atoms with Crippen molar-refractivity contribution in [1.29, 1.82) is 0 Å². The van der Waals surface area contributed by atoms with E-state index in [1.165, 1.54) is 0 Å². The largest absolute Gasteiger partial charge is 0.278 e. The molecule has 0 aliphatic carbocycles. The molecule has 0 unspecified atom stereocenters. The topological polar surface area (TPSA) is 30.7 Å². The lowest BCUT2D eigenvalue weighted by Crippen LogP contribution is -1.90. The molecule has 0 aromatic carbocycles. The predicted molar refractivity (Wildman–Crippen MR) is 51.7 cm³/mol. The number of rotatable bonds is 0. The third-order valence-corrected chi connectivity index (χ3v) is 2.20. The van der Waals surface area contributed by atoms with Crippen LogP contribution in [-0.4, -0.2) is 13.9 Å². The average Bonchev–Trinajstić information content (AvgIpc) is 2.33. The minimum absolute atomic E-state index is 0.477. The normalized spacial score (nSPS) is 10.9. The highest BCUT2D eigenvalue weighted by molar-refractivity contribution is 7.78. The third kappa shape index (κ3) is 1.07. The van der Waals surface area contributed by atoms with Crippen LogP contribution in [0.25, 0.3) is 11.0 Å². The summed E-state index contributed by atoms with van der Waals surface area (Å²) in [6, 6.07) is 1.84. The molecule has 5 heteroatoms. The first kappa shape index (κ1) is 7.89. The molecule has 2 aromatic rings. The molecule has 0 aliphatic heterocycles. The molecule has 0 N–H and O–H groups in total. The van der Waals surface area contributed by atoms with Gasteiger partial charge in [-0.3, -0.25) is 3.97 Å². The van der Waals surface area contributed by atoms with Crippen molar-refractivity contribution in [2.24, 2.45) is 0 Å². The highest BCUT2D eigenvalue weighted by Crippen LogP contribution is 2.21. The molecule has 2 rings (SSSR count). The van der Waals surface area contributed by atoms with Crippen LogP contribution in [0.3, 0.4) is 0 Å². The summed E-state index contributed by atoms with van der Waals surface area (Å²) in [6.07, 6.45) is 1.79. The van der Waals surface area contributed by atoms with Crippen LogP contribution in [0, 0.1) is 6.92 Å². The van der Waals surface area contributed by atoms with E-state index in [0.717, 1.165) is 11.0 Å². The lowest BCUT2D eigenvalue weighted by atomic mass is 10.4. The Morgan fingerprint density at radius 3 is 3.00 bits per heavy atom. The minimum Gasteiger partial charge on any atom is -0.278 e. The van der Waals surface area contributed by atoms with Gasteiger partial charge in [0.2, 0.25) is 0 Å². The van der Waals surface area contributed by atoms with Gasteiger partial charge in [-0.15, -0.1) is 0 Å². The van der Waals surface area contributed by atoms with Crippen LogP contribution in [0.5, 0.6) is 0 Å². The van der Waals surface area contributed by atoms with Crippen molar-refractivity contribution >= 4 is 35.4 Å². The van der Waals surface area contributed by atoms with E-state index >= 15 is 0 Å². The number of hydrogen-bond donors (Lipinski definition) is 1. The van der Waals surface area contributed by atoms with Crippen LogP contribution >= 0.6 is 24.4 Å². The Hall–Kier alpha value is -0.740. The van der Waals surface area contributed by atoms with Gasteiger partial charge in [0.15, 0.2) is 5.65 Å². The number of aromatic nitrogens is 3. The second-order valence-electron chi connectivity index (χ2n) is 2.46. The molecule has 3 nitrogen and oxygen atoms in total. The van der Waals surface area contributed by atoms with Crippen molar-refractivity contribution in [1.82, 2.24) is 13.9 Å². The van der Waals surface area contributed by atoms with Gasteiger partial charge in [0.25, 0.3) is 0 Å². The molecular weight excluding hydrogens is 194 g/mol. The van der Waals surface area contributed by atoms with Crippen LogP contribution in [0.15, 0.2) is 12.3 Å². The van der Waals surface area contributed by atoms with Gasteiger partial charge in [-0.05, 0) is 13.0 Å². The summed E-state index contributed by atoms with van der Waals surface area (Å²) in [7, 11) is 0. The second-order valence-corrected chi connectivity index (χ2v) is 3.25. The van der Waals surface area contributed by atoms with Gasteiger partial charge in [0.1, 0.15) is 11.0 Å². The fourth-order valence-electron chi connectivity index (χ4n) is 1.07. The van der Waals surface area contributed by atoms with E-state index in [1.54, 1.807) is 17.1 Å². The summed E-state index contributed by atoms with van der Waals surface area (Å²) in [4.78, 5) is 8.21.